The highest BCUT2D eigenvalue weighted by molar-refractivity contribution is 6.09. The van der Waals surface area contributed by atoms with Crippen molar-refractivity contribution < 1.29 is 25.8 Å². The smallest absolute Gasteiger partial charge is 0.269 e. The summed E-state index contributed by atoms with van der Waals surface area (Å²) in [6.07, 6.45) is 8.46. The van der Waals surface area contributed by atoms with Crippen LogP contribution < -0.4 is 9.30 Å². The van der Waals surface area contributed by atoms with Gasteiger partial charge in [0.15, 0.2) is 0 Å². The molecule has 0 bridgehead atoms. The molecule has 6 aromatic carbocycles. The van der Waals surface area contributed by atoms with Gasteiger partial charge in [-0.05, 0) is 122 Å². The van der Waals surface area contributed by atoms with Crippen molar-refractivity contribution in [1.82, 2.24) is 14.1 Å². The van der Waals surface area contributed by atoms with Gasteiger partial charge >= 0.3 is 0 Å². The number of ether oxygens (including phenoxy) is 1. The quantitative estimate of drug-likeness (QED) is 0.131. The van der Waals surface area contributed by atoms with E-state index in [0.29, 0.717) is 17.2 Å². The molecular formula is C56H50N4O. The number of nitrogens with zero attached hydrogens (tertiary/aromatic N) is 4. The van der Waals surface area contributed by atoms with Gasteiger partial charge in [-0.25, -0.2) is 4.98 Å². The predicted octanol–water partition coefficient (Wildman–Crippen LogP) is 13.8. The third-order valence-corrected chi connectivity index (χ3v) is 12.6. The summed E-state index contributed by atoms with van der Waals surface area (Å²) in [7, 11) is 0. The fraction of sp³-hybridized carbons (Fsp3) is 0.214. The number of pyridine rings is 1. The summed E-state index contributed by atoms with van der Waals surface area (Å²) >= 11 is 0. The van der Waals surface area contributed by atoms with Gasteiger partial charge in [-0.1, -0.05) is 133 Å². The molecule has 2 aliphatic rings. The van der Waals surface area contributed by atoms with Gasteiger partial charge in [0.25, 0.3) is 6.33 Å². The zero-order valence-electron chi connectivity index (χ0n) is 47.1. The molecule has 9 aromatic rings. The molecule has 11 rings (SSSR count). The van der Waals surface area contributed by atoms with E-state index < -0.39 is 77.9 Å². The largest absolute Gasteiger partial charge is 0.458 e. The SMILES string of the molecule is [2H]c1c([2H])c([2H])c2c(c1[2H])-c1c([2H])c([2H])c([2H])c([2H])c1-c1cn(-c3cc(Oc4ccc5c6ccccc6n(-c6cc(C(C)(C)C)ccn6)c5c4)cc4c3C(C)(C)CCC4(C)C)[c-][n+]1-c1c([2H])c([2H])c([2H])c([2H])c1-2. The van der Waals surface area contributed by atoms with Crippen LogP contribution in [0.1, 0.15) is 94.4 Å². The maximum atomic E-state index is 9.47. The summed E-state index contributed by atoms with van der Waals surface area (Å²) in [5, 5.41) is 2.07. The van der Waals surface area contributed by atoms with Crippen LogP contribution in [0.4, 0.5) is 0 Å². The Labute approximate surface area is 375 Å². The van der Waals surface area contributed by atoms with Gasteiger partial charge in [0, 0.05) is 29.2 Å². The number of hydrogen-bond donors (Lipinski definition) is 0. The Balaban J connectivity index is 1.20. The lowest BCUT2D eigenvalue weighted by Gasteiger charge is -2.43. The first-order valence-electron chi connectivity index (χ1n) is 26.6. The maximum Gasteiger partial charge on any atom is 0.269 e. The molecule has 0 radical (unpaired) electrons. The highest BCUT2D eigenvalue weighted by atomic mass is 16.5. The first-order chi connectivity index (χ1) is 34.3. The van der Waals surface area contributed by atoms with Crippen LogP contribution in [0.3, 0.4) is 0 Å². The van der Waals surface area contributed by atoms with Crippen molar-refractivity contribution in [3.63, 3.8) is 0 Å². The lowest BCUT2D eigenvalue weighted by Crippen LogP contribution is -2.35. The zero-order chi connectivity index (χ0) is 52.3. The molecule has 0 spiro atoms. The van der Waals surface area contributed by atoms with Gasteiger partial charge in [-0.2, -0.15) is 0 Å². The minimum absolute atomic E-state index is 0.0432. The van der Waals surface area contributed by atoms with Crippen LogP contribution in [0, 0.1) is 6.33 Å². The van der Waals surface area contributed by atoms with Crippen molar-refractivity contribution in [2.24, 2.45) is 0 Å². The molecule has 61 heavy (non-hydrogen) atoms. The van der Waals surface area contributed by atoms with Gasteiger partial charge < -0.3 is 4.74 Å². The van der Waals surface area contributed by atoms with E-state index in [0.717, 1.165) is 57.2 Å². The number of rotatable bonds is 4. The molecule has 0 fully saturated rings. The van der Waals surface area contributed by atoms with Crippen molar-refractivity contribution in [1.29, 1.82) is 0 Å². The second-order valence-corrected chi connectivity index (χ2v) is 18.5. The summed E-state index contributed by atoms with van der Waals surface area (Å²) < 4.78 is 121. The maximum absolute atomic E-state index is 9.47. The molecule has 4 heterocycles. The molecule has 3 aromatic heterocycles. The van der Waals surface area contributed by atoms with E-state index in [-0.39, 0.29) is 50.0 Å². The van der Waals surface area contributed by atoms with Crippen LogP contribution in [0.2, 0.25) is 0 Å². The van der Waals surface area contributed by atoms with E-state index in [2.05, 4.69) is 83.6 Å². The van der Waals surface area contributed by atoms with E-state index >= 15 is 0 Å². The van der Waals surface area contributed by atoms with E-state index in [9.17, 15) is 8.22 Å². The Morgan fingerprint density at radius 1 is 0.689 bits per heavy atom. The Hall–Kier alpha value is -6.72. The van der Waals surface area contributed by atoms with Crippen LogP contribution in [0.15, 0.2) is 152 Å². The average molecular weight is 807 g/mol. The third kappa shape index (κ3) is 5.96. The van der Waals surface area contributed by atoms with Gasteiger partial charge in [0.2, 0.25) is 0 Å². The Morgan fingerprint density at radius 3 is 2.11 bits per heavy atom. The normalized spacial score (nSPS) is 17.7. The molecule has 5 heteroatoms. The molecule has 0 atom stereocenters. The van der Waals surface area contributed by atoms with E-state index in [1.807, 2.05) is 48.7 Å². The average Bonchev–Trinajstić information content (AvgIpc) is 3.92. The first kappa shape index (κ1) is 26.5. The number of para-hydroxylation sites is 2. The molecule has 300 valence electrons. The number of imidazole rings is 1. The number of hydrogen-bond acceptors (Lipinski definition) is 2. The summed E-state index contributed by atoms with van der Waals surface area (Å²) in [6.45, 7) is 15.2. The van der Waals surface area contributed by atoms with Crippen LogP contribution >= 0.6 is 0 Å². The molecule has 0 saturated heterocycles. The molecule has 0 saturated carbocycles. The number of fused-ring (bicyclic) bond motifs is 12. The summed E-state index contributed by atoms with van der Waals surface area (Å²) in [5.74, 6) is 1.80. The van der Waals surface area contributed by atoms with Crippen LogP contribution in [0.25, 0.3) is 72.5 Å². The third-order valence-electron chi connectivity index (χ3n) is 12.6. The summed E-state index contributed by atoms with van der Waals surface area (Å²) in [6, 6.07) is 14.9. The van der Waals surface area contributed by atoms with Crippen molar-refractivity contribution in [3.05, 3.63) is 175 Å². The van der Waals surface area contributed by atoms with Gasteiger partial charge in [-0.3, -0.25) is 13.7 Å². The van der Waals surface area contributed by atoms with Crippen LogP contribution in [0.5, 0.6) is 11.5 Å². The fourth-order valence-electron chi connectivity index (χ4n) is 9.26. The zero-order valence-corrected chi connectivity index (χ0v) is 35.1. The second kappa shape index (κ2) is 13.4. The van der Waals surface area contributed by atoms with Crippen LogP contribution in [-0.4, -0.2) is 14.1 Å². The molecule has 0 unspecified atom stereocenters. The Morgan fingerprint density at radius 2 is 1.34 bits per heavy atom. The van der Waals surface area contributed by atoms with Gasteiger partial charge in [0.05, 0.1) is 44.6 Å². The lowest BCUT2D eigenvalue weighted by molar-refractivity contribution is -0.587. The van der Waals surface area contributed by atoms with Crippen LogP contribution in [-0.2, 0) is 16.2 Å². The Bertz CT molecular complexity index is 3800. The highest BCUT2D eigenvalue weighted by Crippen LogP contribution is 2.50. The summed E-state index contributed by atoms with van der Waals surface area (Å²) in [5.41, 5.74) is 3.13. The number of aromatic nitrogens is 4. The van der Waals surface area contributed by atoms with E-state index in [1.165, 1.54) is 4.57 Å². The molecule has 0 N–H and O–H groups in total. The molecule has 5 nitrogen and oxygen atoms in total. The molecular weight excluding hydrogens is 745 g/mol. The van der Waals surface area contributed by atoms with E-state index in [4.69, 9.17) is 17.9 Å². The molecule has 1 aliphatic heterocycles. The second-order valence-electron chi connectivity index (χ2n) is 18.5. The van der Waals surface area contributed by atoms with Crippen molar-refractivity contribution >= 4 is 21.8 Å². The van der Waals surface area contributed by atoms with Crippen molar-refractivity contribution in [3.8, 4) is 62.2 Å². The summed E-state index contributed by atoms with van der Waals surface area (Å²) in [4.78, 5) is 4.86. The highest BCUT2D eigenvalue weighted by Gasteiger charge is 2.40. The minimum atomic E-state index is -0.683. The topological polar surface area (TPSA) is 35.9 Å². The standard InChI is InChI=1S/C56H50N4O/c1-54(2,3)36-26-29-57-52(30-36)60-48-23-15-13-21-44(48)45-25-24-37(32-49(45)60)61-38-31-46-53(56(6,7)28-27-55(46,4)5)50(33-38)58-34-51-43-20-11-10-18-41(43)39-16-8-9-17-40(39)42-19-12-14-22-47(42)59(51)35-58/h8-26,29-34H,27-28H2,1-7H3/i8D,9D,10D,11D,12D,14D,16D,17D,18D,19D,20D,22D. The predicted molar refractivity (Wildman–Crippen MR) is 249 cm³/mol. The van der Waals surface area contributed by atoms with Gasteiger partial charge in [0.1, 0.15) is 17.3 Å². The lowest BCUT2D eigenvalue weighted by atomic mass is 9.62. The van der Waals surface area contributed by atoms with Crippen molar-refractivity contribution in [2.45, 2.75) is 77.6 Å². The number of benzene rings is 6. The fourth-order valence-corrected chi connectivity index (χ4v) is 9.26. The molecule has 0 amide bonds. The van der Waals surface area contributed by atoms with Crippen molar-refractivity contribution in [2.75, 3.05) is 0 Å². The molecule has 1 aliphatic carbocycles. The monoisotopic (exact) mass is 806 g/mol. The van der Waals surface area contributed by atoms with Gasteiger partial charge in [-0.15, -0.1) is 0 Å². The first-order valence-corrected chi connectivity index (χ1v) is 20.6. The Kier molecular flexibility index (Phi) is 5.81. The van der Waals surface area contributed by atoms with E-state index in [1.54, 1.807) is 10.8 Å². The minimum Gasteiger partial charge on any atom is -0.458 e.